The van der Waals surface area contributed by atoms with Gasteiger partial charge in [-0.25, -0.2) is 0 Å². The van der Waals surface area contributed by atoms with Gasteiger partial charge in [-0.05, 0) is 38.3 Å². The van der Waals surface area contributed by atoms with E-state index in [9.17, 15) is 0 Å². The molecule has 0 amide bonds. The third kappa shape index (κ3) is 4.81. The summed E-state index contributed by atoms with van der Waals surface area (Å²) in [6.45, 7) is 4.49. The fourth-order valence-electron chi connectivity index (χ4n) is 1.86. The number of piperidine rings is 1. The number of rotatable bonds is 4. The van der Waals surface area contributed by atoms with Crippen LogP contribution in [0, 0.1) is 5.92 Å². The highest BCUT2D eigenvalue weighted by Gasteiger charge is 2.17. The molecule has 0 saturated carbocycles. The second-order valence-electron chi connectivity index (χ2n) is 3.59. The Balaban J connectivity index is 0.00000144. The van der Waals surface area contributed by atoms with Crippen LogP contribution in [0.3, 0.4) is 0 Å². The average molecular weight is 209 g/mol. The van der Waals surface area contributed by atoms with Gasteiger partial charge in [0, 0.05) is 19.7 Å². The monoisotopic (exact) mass is 208 g/mol. The van der Waals surface area contributed by atoms with Crippen molar-refractivity contribution in [2.45, 2.75) is 19.3 Å². The van der Waals surface area contributed by atoms with E-state index in [4.69, 9.17) is 10.8 Å². The van der Waals surface area contributed by atoms with Gasteiger partial charge in [-0.3, -0.25) is 0 Å². The molecule has 0 aliphatic carbocycles. The number of hydrogen-bond acceptors (Lipinski definition) is 3. The van der Waals surface area contributed by atoms with E-state index in [1.165, 1.54) is 25.9 Å². The number of halogens is 1. The van der Waals surface area contributed by atoms with Gasteiger partial charge in [0.05, 0.1) is 0 Å². The molecule has 13 heavy (non-hydrogen) atoms. The Kier molecular flexibility index (Phi) is 7.66. The fourth-order valence-corrected chi connectivity index (χ4v) is 1.86. The first-order valence-corrected chi connectivity index (χ1v) is 4.90. The largest absolute Gasteiger partial charge is 0.396 e. The van der Waals surface area contributed by atoms with Gasteiger partial charge >= 0.3 is 0 Å². The van der Waals surface area contributed by atoms with Gasteiger partial charge in [0.15, 0.2) is 0 Å². The van der Waals surface area contributed by atoms with Crippen molar-refractivity contribution in [3.05, 3.63) is 0 Å². The zero-order valence-corrected chi connectivity index (χ0v) is 8.93. The predicted octanol–water partition coefficient (Wildman–Crippen LogP) is 0.461. The SMILES string of the molecule is Cl.NCCN1CCC(CCO)CC1. The molecular formula is C9H21ClN2O. The zero-order chi connectivity index (χ0) is 8.81. The molecule has 3 nitrogen and oxygen atoms in total. The van der Waals surface area contributed by atoms with Crippen molar-refractivity contribution in [1.82, 2.24) is 4.90 Å². The maximum Gasteiger partial charge on any atom is 0.0433 e. The molecular weight excluding hydrogens is 188 g/mol. The van der Waals surface area contributed by atoms with Crippen LogP contribution >= 0.6 is 12.4 Å². The lowest BCUT2D eigenvalue weighted by molar-refractivity contribution is 0.161. The molecule has 0 bridgehead atoms. The molecule has 4 heteroatoms. The van der Waals surface area contributed by atoms with E-state index in [1.54, 1.807) is 0 Å². The average Bonchev–Trinajstić information content (AvgIpc) is 2.09. The maximum atomic E-state index is 8.75. The van der Waals surface area contributed by atoms with E-state index in [-0.39, 0.29) is 12.4 Å². The lowest BCUT2D eigenvalue weighted by Gasteiger charge is -2.31. The van der Waals surface area contributed by atoms with E-state index < -0.39 is 0 Å². The Bertz CT molecular complexity index is 102. The van der Waals surface area contributed by atoms with Gasteiger partial charge in [-0.1, -0.05) is 0 Å². The number of likely N-dealkylation sites (tertiary alicyclic amines) is 1. The lowest BCUT2D eigenvalue weighted by Crippen LogP contribution is -2.37. The summed E-state index contributed by atoms with van der Waals surface area (Å²) >= 11 is 0. The number of aliphatic hydroxyl groups excluding tert-OH is 1. The van der Waals surface area contributed by atoms with Crippen LogP contribution in [0.2, 0.25) is 0 Å². The summed E-state index contributed by atoms with van der Waals surface area (Å²) in [5.41, 5.74) is 5.47. The maximum absolute atomic E-state index is 8.75. The second kappa shape index (κ2) is 7.56. The molecule has 0 atom stereocenters. The van der Waals surface area contributed by atoms with Crippen LogP contribution in [0.5, 0.6) is 0 Å². The van der Waals surface area contributed by atoms with Crippen LogP contribution in [0.15, 0.2) is 0 Å². The summed E-state index contributed by atoms with van der Waals surface area (Å²) in [6.07, 6.45) is 3.46. The van der Waals surface area contributed by atoms with Gasteiger partial charge in [0.1, 0.15) is 0 Å². The number of nitrogens with zero attached hydrogens (tertiary/aromatic N) is 1. The summed E-state index contributed by atoms with van der Waals surface area (Å²) in [4.78, 5) is 2.41. The van der Waals surface area contributed by atoms with Crippen LogP contribution in [0.1, 0.15) is 19.3 Å². The minimum atomic E-state index is 0. The molecule has 0 aromatic heterocycles. The third-order valence-electron chi connectivity index (χ3n) is 2.69. The first kappa shape index (κ1) is 13.2. The minimum absolute atomic E-state index is 0. The summed E-state index contributed by atoms with van der Waals surface area (Å²) in [5.74, 6) is 0.754. The molecule has 1 rings (SSSR count). The number of nitrogens with two attached hydrogens (primary N) is 1. The quantitative estimate of drug-likeness (QED) is 0.706. The van der Waals surface area contributed by atoms with Crippen molar-refractivity contribution in [2.75, 3.05) is 32.8 Å². The topological polar surface area (TPSA) is 49.5 Å². The summed E-state index contributed by atoms with van der Waals surface area (Å²) in [5, 5.41) is 8.75. The fraction of sp³-hybridized carbons (Fsp3) is 1.00. The van der Waals surface area contributed by atoms with Crippen LogP contribution in [-0.4, -0.2) is 42.8 Å². The molecule has 80 valence electrons. The van der Waals surface area contributed by atoms with Crippen molar-refractivity contribution in [1.29, 1.82) is 0 Å². The van der Waals surface area contributed by atoms with E-state index in [2.05, 4.69) is 4.90 Å². The Morgan fingerprint density at radius 1 is 1.31 bits per heavy atom. The first-order chi connectivity index (χ1) is 5.86. The predicted molar refractivity (Wildman–Crippen MR) is 57.2 cm³/mol. The van der Waals surface area contributed by atoms with Crippen LogP contribution < -0.4 is 5.73 Å². The Morgan fingerprint density at radius 2 is 1.92 bits per heavy atom. The van der Waals surface area contributed by atoms with Gasteiger partial charge < -0.3 is 15.7 Å². The molecule has 0 radical (unpaired) electrons. The van der Waals surface area contributed by atoms with Crippen molar-refractivity contribution < 1.29 is 5.11 Å². The number of aliphatic hydroxyl groups is 1. The first-order valence-electron chi connectivity index (χ1n) is 4.90. The molecule has 0 unspecified atom stereocenters. The van der Waals surface area contributed by atoms with Gasteiger partial charge in [0.25, 0.3) is 0 Å². The molecule has 0 aromatic carbocycles. The van der Waals surface area contributed by atoms with E-state index >= 15 is 0 Å². The third-order valence-corrected chi connectivity index (χ3v) is 2.69. The highest BCUT2D eigenvalue weighted by Crippen LogP contribution is 2.19. The van der Waals surface area contributed by atoms with Crippen LogP contribution in [0.25, 0.3) is 0 Å². The number of hydrogen-bond donors (Lipinski definition) is 2. The molecule has 0 spiro atoms. The molecule has 1 aliphatic heterocycles. The van der Waals surface area contributed by atoms with Crippen molar-refractivity contribution in [3.8, 4) is 0 Å². The molecule has 1 saturated heterocycles. The van der Waals surface area contributed by atoms with Crippen molar-refractivity contribution in [3.63, 3.8) is 0 Å². The van der Waals surface area contributed by atoms with Crippen molar-refractivity contribution >= 4 is 12.4 Å². The second-order valence-corrected chi connectivity index (χ2v) is 3.59. The van der Waals surface area contributed by atoms with Crippen LogP contribution in [-0.2, 0) is 0 Å². The summed E-state index contributed by atoms with van der Waals surface area (Å²) in [6, 6.07) is 0. The molecule has 3 N–H and O–H groups in total. The molecule has 1 aliphatic rings. The highest BCUT2D eigenvalue weighted by atomic mass is 35.5. The van der Waals surface area contributed by atoms with Crippen LogP contribution in [0.4, 0.5) is 0 Å². The van der Waals surface area contributed by atoms with E-state index in [1.807, 2.05) is 0 Å². The smallest absolute Gasteiger partial charge is 0.0433 e. The molecule has 1 heterocycles. The highest BCUT2D eigenvalue weighted by molar-refractivity contribution is 5.85. The van der Waals surface area contributed by atoms with Crippen molar-refractivity contribution in [2.24, 2.45) is 11.7 Å². The standard InChI is InChI=1S/C9H20N2O.ClH/c10-4-7-11-5-1-9(2-6-11)3-8-12;/h9,12H,1-8,10H2;1H. The summed E-state index contributed by atoms with van der Waals surface area (Å²) in [7, 11) is 0. The zero-order valence-electron chi connectivity index (χ0n) is 8.11. The Morgan fingerprint density at radius 3 is 2.38 bits per heavy atom. The lowest BCUT2D eigenvalue weighted by atomic mass is 9.94. The molecule has 0 aromatic rings. The minimum Gasteiger partial charge on any atom is -0.396 e. The normalized spacial score (nSPS) is 19.8. The van der Waals surface area contributed by atoms with Gasteiger partial charge in [0.2, 0.25) is 0 Å². The van der Waals surface area contributed by atoms with E-state index in [0.29, 0.717) is 6.61 Å². The molecule has 1 fully saturated rings. The Hall–Kier alpha value is 0.170. The summed E-state index contributed by atoms with van der Waals surface area (Å²) < 4.78 is 0. The van der Waals surface area contributed by atoms with Gasteiger partial charge in [-0.2, -0.15) is 0 Å². The Labute approximate surface area is 86.7 Å². The van der Waals surface area contributed by atoms with Gasteiger partial charge in [-0.15, -0.1) is 12.4 Å². The van der Waals surface area contributed by atoms with E-state index in [0.717, 1.165) is 25.4 Å².